The molecule has 2 aliphatic rings. The molecule has 2 fully saturated rings. The van der Waals surface area contributed by atoms with Gasteiger partial charge in [-0.15, -0.1) is 0 Å². The predicted octanol–water partition coefficient (Wildman–Crippen LogP) is 4.15. The zero-order chi connectivity index (χ0) is 22.4. The zero-order valence-corrected chi connectivity index (χ0v) is 18.3. The quantitative estimate of drug-likeness (QED) is 0.628. The first-order chi connectivity index (χ1) is 15.4. The van der Waals surface area contributed by atoms with Crippen LogP contribution in [0.25, 0.3) is 10.9 Å². The number of ether oxygens (including phenoxy) is 1. The third-order valence-electron chi connectivity index (χ3n) is 7.01. The van der Waals surface area contributed by atoms with Crippen molar-refractivity contribution in [1.82, 2.24) is 14.8 Å². The molecule has 0 unspecified atom stereocenters. The first kappa shape index (κ1) is 21.0. The van der Waals surface area contributed by atoms with E-state index in [1.54, 1.807) is 19.2 Å². The van der Waals surface area contributed by atoms with E-state index >= 15 is 0 Å². The maximum Gasteiger partial charge on any atom is 0.335 e. The molecule has 2 saturated heterocycles. The van der Waals surface area contributed by atoms with Gasteiger partial charge in [0.1, 0.15) is 11.9 Å². The fourth-order valence-corrected chi connectivity index (χ4v) is 5.39. The fraction of sp³-hybridized carbons (Fsp3) is 0.400. The summed E-state index contributed by atoms with van der Waals surface area (Å²) >= 11 is 0. The van der Waals surface area contributed by atoms with E-state index in [1.165, 1.54) is 0 Å². The van der Waals surface area contributed by atoms with Crippen LogP contribution in [0, 0.1) is 6.92 Å². The number of carboxylic acid groups (broad SMARTS) is 1. The molecule has 0 saturated carbocycles. The summed E-state index contributed by atoms with van der Waals surface area (Å²) in [6.45, 7) is 4.69. The van der Waals surface area contributed by atoms with E-state index in [0.29, 0.717) is 19.5 Å². The number of H-pyrrole nitrogens is 1. The Morgan fingerprint density at radius 1 is 1.22 bits per heavy atom. The maximum absolute atomic E-state index is 14.2. The van der Waals surface area contributed by atoms with Gasteiger partial charge in [-0.2, -0.15) is 0 Å². The van der Waals surface area contributed by atoms with Gasteiger partial charge < -0.3 is 14.8 Å². The second kappa shape index (κ2) is 8.22. The molecule has 3 atom stereocenters. The molecule has 7 heteroatoms. The number of methoxy groups -OCH3 is 1. The van der Waals surface area contributed by atoms with Crippen LogP contribution in [-0.4, -0.2) is 64.8 Å². The van der Waals surface area contributed by atoms with Crippen LogP contribution in [0.4, 0.5) is 4.39 Å². The van der Waals surface area contributed by atoms with Crippen LogP contribution in [-0.2, 0) is 6.54 Å². The first-order valence-electron chi connectivity index (χ1n) is 11.0. The van der Waals surface area contributed by atoms with Gasteiger partial charge in [-0.05, 0) is 48.7 Å². The number of carboxylic acids is 1. The van der Waals surface area contributed by atoms with Gasteiger partial charge in [0.05, 0.1) is 12.7 Å². The molecule has 168 valence electrons. The molecular formula is C25H28FN3O3. The summed E-state index contributed by atoms with van der Waals surface area (Å²) in [4.78, 5) is 19.3. The lowest BCUT2D eigenvalue weighted by atomic mass is 9.96. The summed E-state index contributed by atoms with van der Waals surface area (Å²) in [5.74, 6) is -0.0806. The SMILES string of the molecule is COc1cc(C)c2[nH]ccc2c1CN1C[C@@H]2C[C@@H](F)CN2C[C@H]1c1ccc(C(=O)O)cc1. The Morgan fingerprint density at radius 3 is 2.72 bits per heavy atom. The minimum Gasteiger partial charge on any atom is -0.496 e. The van der Waals surface area contributed by atoms with Crippen molar-refractivity contribution in [2.24, 2.45) is 0 Å². The van der Waals surface area contributed by atoms with Crippen molar-refractivity contribution in [2.45, 2.75) is 38.1 Å². The number of aromatic carboxylic acids is 1. The van der Waals surface area contributed by atoms with Gasteiger partial charge >= 0.3 is 5.97 Å². The van der Waals surface area contributed by atoms with Crippen molar-refractivity contribution >= 4 is 16.9 Å². The zero-order valence-electron chi connectivity index (χ0n) is 18.3. The van der Waals surface area contributed by atoms with Crippen molar-refractivity contribution in [3.05, 3.63) is 64.8 Å². The number of rotatable bonds is 5. The highest BCUT2D eigenvalue weighted by atomic mass is 19.1. The Balaban J connectivity index is 1.52. The summed E-state index contributed by atoms with van der Waals surface area (Å²) in [5.41, 5.74) is 4.67. The summed E-state index contributed by atoms with van der Waals surface area (Å²) in [6, 6.07) is 11.5. The molecule has 3 heterocycles. The minimum absolute atomic E-state index is 0.0411. The van der Waals surface area contributed by atoms with Crippen molar-refractivity contribution in [2.75, 3.05) is 26.7 Å². The number of hydrogen-bond acceptors (Lipinski definition) is 4. The third kappa shape index (κ3) is 3.65. The number of alkyl halides is 1. The Bertz CT molecular complexity index is 1140. The Kier molecular flexibility index (Phi) is 5.39. The monoisotopic (exact) mass is 437 g/mol. The van der Waals surface area contributed by atoms with Crippen LogP contribution in [0.1, 0.15) is 39.5 Å². The van der Waals surface area contributed by atoms with E-state index < -0.39 is 12.1 Å². The fourth-order valence-electron chi connectivity index (χ4n) is 5.39. The predicted molar refractivity (Wildman–Crippen MR) is 121 cm³/mol. The number of piperazine rings is 1. The molecule has 0 aliphatic carbocycles. The normalized spacial score (nSPS) is 24.0. The molecule has 3 aromatic rings. The van der Waals surface area contributed by atoms with E-state index in [-0.39, 0.29) is 17.6 Å². The number of hydrogen-bond donors (Lipinski definition) is 2. The Labute approximate surface area is 186 Å². The standard InChI is InChI=1S/C25H28FN3O3/c1-15-9-23(32-2)21(20-7-8-27-24(15)20)13-29-12-19-10-18(26)11-28(19)14-22(29)16-3-5-17(6-4-16)25(30)31/h3-9,18-19,22,27H,10-14H2,1-2H3,(H,30,31)/t18-,19+,22+/m1/s1. The van der Waals surface area contributed by atoms with Crippen LogP contribution < -0.4 is 4.74 Å². The first-order valence-corrected chi connectivity index (χ1v) is 11.0. The molecule has 6 nitrogen and oxygen atoms in total. The Morgan fingerprint density at radius 2 is 2.00 bits per heavy atom. The molecule has 5 rings (SSSR count). The highest BCUT2D eigenvalue weighted by Gasteiger charge is 2.41. The summed E-state index contributed by atoms with van der Waals surface area (Å²) in [6.07, 6.45) is 1.72. The van der Waals surface area contributed by atoms with Crippen LogP contribution in [0.5, 0.6) is 5.75 Å². The lowest BCUT2D eigenvalue weighted by Gasteiger charge is -2.44. The summed E-state index contributed by atoms with van der Waals surface area (Å²) < 4.78 is 20.0. The molecular weight excluding hydrogens is 409 g/mol. The number of aromatic amines is 1. The topological polar surface area (TPSA) is 68.8 Å². The summed E-state index contributed by atoms with van der Waals surface area (Å²) in [5, 5.41) is 10.4. The van der Waals surface area contributed by atoms with Gasteiger partial charge in [-0.1, -0.05) is 12.1 Å². The number of benzene rings is 2. The highest BCUT2D eigenvalue weighted by Crippen LogP contribution is 2.38. The minimum atomic E-state index is -0.934. The highest BCUT2D eigenvalue weighted by molar-refractivity contribution is 5.88. The smallest absolute Gasteiger partial charge is 0.335 e. The second-order valence-electron chi connectivity index (χ2n) is 8.95. The number of nitrogens with one attached hydrogen (secondary N) is 1. The van der Waals surface area contributed by atoms with Gasteiger partial charge in [-0.3, -0.25) is 9.80 Å². The molecule has 1 aromatic heterocycles. The molecule has 0 spiro atoms. The van der Waals surface area contributed by atoms with Gasteiger partial charge in [-0.25, -0.2) is 9.18 Å². The van der Waals surface area contributed by atoms with Crippen LogP contribution >= 0.6 is 0 Å². The van der Waals surface area contributed by atoms with E-state index in [9.17, 15) is 14.3 Å². The van der Waals surface area contributed by atoms with Gasteiger partial charge in [0.25, 0.3) is 0 Å². The van der Waals surface area contributed by atoms with Crippen molar-refractivity contribution in [1.29, 1.82) is 0 Å². The molecule has 2 aromatic carbocycles. The maximum atomic E-state index is 14.2. The second-order valence-corrected chi connectivity index (χ2v) is 8.95. The number of aryl methyl sites for hydroxylation is 1. The largest absolute Gasteiger partial charge is 0.496 e. The van der Waals surface area contributed by atoms with E-state index in [1.807, 2.05) is 18.3 Å². The lowest BCUT2D eigenvalue weighted by Crippen LogP contribution is -2.51. The number of halogens is 1. The number of fused-ring (bicyclic) bond motifs is 2. The number of carbonyl (C=O) groups is 1. The lowest BCUT2D eigenvalue weighted by molar-refractivity contribution is 0.0441. The molecule has 0 amide bonds. The van der Waals surface area contributed by atoms with Gasteiger partial charge in [0, 0.05) is 60.9 Å². The summed E-state index contributed by atoms with van der Waals surface area (Å²) in [7, 11) is 1.70. The van der Waals surface area contributed by atoms with Crippen LogP contribution in [0.3, 0.4) is 0 Å². The van der Waals surface area contributed by atoms with Crippen molar-refractivity contribution < 1.29 is 19.0 Å². The molecule has 0 bridgehead atoms. The van der Waals surface area contributed by atoms with Crippen LogP contribution in [0.2, 0.25) is 0 Å². The molecule has 2 N–H and O–H groups in total. The molecule has 32 heavy (non-hydrogen) atoms. The van der Waals surface area contributed by atoms with E-state index in [0.717, 1.165) is 46.4 Å². The average Bonchev–Trinajstić information content (AvgIpc) is 3.41. The van der Waals surface area contributed by atoms with Gasteiger partial charge in [0.15, 0.2) is 0 Å². The Hall–Kier alpha value is -2.90. The van der Waals surface area contributed by atoms with Crippen LogP contribution in [0.15, 0.2) is 42.6 Å². The number of aromatic nitrogens is 1. The van der Waals surface area contributed by atoms with Gasteiger partial charge in [0.2, 0.25) is 0 Å². The average molecular weight is 438 g/mol. The van der Waals surface area contributed by atoms with E-state index in [4.69, 9.17) is 4.74 Å². The van der Waals surface area contributed by atoms with E-state index in [2.05, 4.69) is 33.8 Å². The molecule has 0 radical (unpaired) electrons. The third-order valence-corrected chi connectivity index (χ3v) is 7.01. The number of nitrogens with zero attached hydrogens (tertiary/aromatic N) is 2. The molecule has 2 aliphatic heterocycles. The van der Waals surface area contributed by atoms with Crippen molar-refractivity contribution in [3.63, 3.8) is 0 Å². The van der Waals surface area contributed by atoms with Crippen molar-refractivity contribution in [3.8, 4) is 5.75 Å².